The van der Waals surface area contributed by atoms with E-state index in [0.717, 1.165) is 28.9 Å². The van der Waals surface area contributed by atoms with Crippen LogP contribution in [0.3, 0.4) is 0 Å². The van der Waals surface area contributed by atoms with Gasteiger partial charge in [0.1, 0.15) is 0 Å². The first kappa shape index (κ1) is 17.3. The minimum absolute atomic E-state index is 0.118. The summed E-state index contributed by atoms with van der Waals surface area (Å²) in [5.74, 6) is 0.622. The summed E-state index contributed by atoms with van der Waals surface area (Å²) in [4.78, 5) is 22.5. The first-order valence-electron chi connectivity index (χ1n) is 7.65. The summed E-state index contributed by atoms with van der Waals surface area (Å²) in [5, 5.41) is 8.55. The van der Waals surface area contributed by atoms with Gasteiger partial charge < -0.3 is 5.11 Å². The number of unbranched alkanes of at least 4 members (excludes halogenated alkanes) is 1. The van der Waals surface area contributed by atoms with E-state index in [0.29, 0.717) is 12.2 Å². The van der Waals surface area contributed by atoms with Gasteiger partial charge in [-0.1, -0.05) is 54.6 Å². The van der Waals surface area contributed by atoms with Crippen LogP contribution in [0.15, 0.2) is 54.6 Å². The summed E-state index contributed by atoms with van der Waals surface area (Å²) in [6, 6.07) is 17.7. The molecule has 0 aliphatic rings. The molecule has 23 heavy (non-hydrogen) atoms. The van der Waals surface area contributed by atoms with E-state index < -0.39 is 5.97 Å². The maximum Gasteiger partial charge on any atom is 0.303 e. The summed E-state index contributed by atoms with van der Waals surface area (Å²) in [5.41, 5.74) is 2.96. The lowest BCUT2D eigenvalue weighted by Crippen LogP contribution is -2.03. The van der Waals surface area contributed by atoms with Gasteiger partial charge in [0.15, 0.2) is 5.78 Å². The quantitative estimate of drug-likeness (QED) is 0.543. The largest absolute Gasteiger partial charge is 0.481 e. The molecule has 0 heterocycles. The van der Waals surface area contributed by atoms with Crippen LogP contribution in [0.2, 0.25) is 0 Å². The van der Waals surface area contributed by atoms with Crippen molar-refractivity contribution in [2.45, 2.75) is 19.3 Å². The lowest BCUT2D eigenvalue weighted by atomic mass is 10.0. The number of rotatable bonds is 9. The van der Waals surface area contributed by atoms with Crippen LogP contribution >= 0.6 is 11.8 Å². The zero-order valence-corrected chi connectivity index (χ0v) is 13.7. The number of hydrogen-bond acceptors (Lipinski definition) is 3. The van der Waals surface area contributed by atoms with Crippen molar-refractivity contribution in [3.8, 4) is 11.1 Å². The van der Waals surface area contributed by atoms with Gasteiger partial charge in [-0.2, -0.15) is 11.8 Å². The van der Waals surface area contributed by atoms with Crippen LogP contribution in [0, 0.1) is 0 Å². The van der Waals surface area contributed by atoms with Crippen LogP contribution < -0.4 is 0 Å². The smallest absolute Gasteiger partial charge is 0.303 e. The molecule has 1 N–H and O–H groups in total. The number of thioether (sulfide) groups is 1. The van der Waals surface area contributed by atoms with Gasteiger partial charge in [-0.3, -0.25) is 9.59 Å². The average molecular weight is 328 g/mol. The Morgan fingerprint density at radius 2 is 1.52 bits per heavy atom. The predicted octanol–water partition coefficient (Wildman–Crippen LogP) is 4.52. The molecule has 3 nitrogen and oxygen atoms in total. The zero-order valence-electron chi connectivity index (χ0n) is 12.9. The molecular formula is C19H20O3S. The van der Waals surface area contributed by atoms with Gasteiger partial charge >= 0.3 is 5.97 Å². The fraction of sp³-hybridized carbons (Fsp3) is 0.263. The van der Waals surface area contributed by atoms with E-state index >= 15 is 0 Å². The van der Waals surface area contributed by atoms with Crippen LogP contribution in [-0.4, -0.2) is 28.4 Å². The van der Waals surface area contributed by atoms with Crippen LogP contribution in [-0.2, 0) is 4.79 Å². The molecule has 0 aromatic heterocycles. The zero-order chi connectivity index (χ0) is 16.5. The lowest BCUT2D eigenvalue weighted by molar-refractivity contribution is -0.137. The number of hydrogen-bond donors (Lipinski definition) is 1. The van der Waals surface area contributed by atoms with E-state index in [1.807, 2.05) is 54.6 Å². The minimum Gasteiger partial charge on any atom is -0.481 e. The van der Waals surface area contributed by atoms with Gasteiger partial charge in [0.05, 0.1) is 5.75 Å². The van der Waals surface area contributed by atoms with Crippen LogP contribution in [0.4, 0.5) is 0 Å². The van der Waals surface area contributed by atoms with Crippen molar-refractivity contribution in [1.29, 1.82) is 0 Å². The highest BCUT2D eigenvalue weighted by molar-refractivity contribution is 7.99. The van der Waals surface area contributed by atoms with Gasteiger partial charge in [-0.05, 0) is 29.7 Å². The molecule has 2 aromatic carbocycles. The molecular weight excluding hydrogens is 308 g/mol. The fourth-order valence-electron chi connectivity index (χ4n) is 2.21. The molecule has 2 aromatic rings. The highest BCUT2D eigenvalue weighted by Crippen LogP contribution is 2.20. The highest BCUT2D eigenvalue weighted by atomic mass is 32.2. The first-order valence-corrected chi connectivity index (χ1v) is 8.80. The van der Waals surface area contributed by atoms with Gasteiger partial charge in [0.25, 0.3) is 0 Å². The maximum absolute atomic E-state index is 12.1. The van der Waals surface area contributed by atoms with E-state index in [9.17, 15) is 9.59 Å². The van der Waals surface area contributed by atoms with Crippen molar-refractivity contribution in [3.63, 3.8) is 0 Å². The summed E-state index contributed by atoms with van der Waals surface area (Å²) in [6.07, 6.45) is 1.70. The van der Waals surface area contributed by atoms with Crippen molar-refractivity contribution in [1.82, 2.24) is 0 Å². The Kier molecular flexibility index (Phi) is 6.88. The number of Topliss-reactive ketones (excluding diaryl/α,β-unsaturated/α-hetero) is 1. The van der Waals surface area contributed by atoms with Crippen molar-refractivity contribution in [3.05, 3.63) is 60.2 Å². The molecule has 0 atom stereocenters. The Morgan fingerprint density at radius 1 is 0.870 bits per heavy atom. The predicted molar refractivity (Wildman–Crippen MR) is 95.0 cm³/mol. The molecule has 4 heteroatoms. The molecule has 0 radical (unpaired) electrons. The topological polar surface area (TPSA) is 54.4 Å². The van der Waals surface area contributed by atoms with Crippen molar-refractivity contribution in [2.24, 2.45) is 0 Å². The number of carboxylic acid groups (broad SMARTS) is 1. The van der Waals surface area contributed by atoms with Crippen molar-refractivity contribution < 1.29 is 14.7 Å². The maximum atomic E-state index is 12.1. The van der Waals surface area contributed by atoms with Gasteiger partial charge in [-0.25, -0.2) is 0 Å². The Morgan fingerprint density at radius 3 is 2.17 bits per heavy atom. The summed E-state index contributed by atoms with van der Waals surface area (Å²) in [7, 11) is 0. The van der Waals surface area contributed by atoms with E-state index in [-0.39, 0.29) is 12.2 Å². The monoisotopic (exact) mass is 328 g/mol. The number of benzene rings is 2. The first-order chi connectivity index (χ1) is 11.2. The van der Waals surface area contributed by atoms with Crippen LogP contribution in [0.25, 0.3) is 11.1 Å². The molecule has 0 unspecified atom stereocenters. The molecule has 0 aliphatic carbocycles. The molecule has 0 saturated carbocycles. The van der Waals surface area contributed by atoms with Crippen LogP contribution in [0.5, 0.6) is 0 Å². The third-order valence-electron chi connectivity index (χ3n) is 3.48. The number of ketones is 1. The van der Waals surface area contributed by atoms with Crippen molar-refractivity contribution >= 4 is 23.5 Å². The lowest BCUT2D eigenvalue weighted by Gasteiger charge is -2.04. The Labute approximate surface area is 140 Å². The second kappa shape index (κ2) is 9.16. The molecule has 2 rings (SSSR count). The molecule has 120 valence electrons. The second-order valence-corrected chi connectivity index (χ2v) is 6.38. The fourth-order valence-corrected chi connectivity index (χ4v) is 3.11. The van der Waals surface area contributed by atoms with E-state index in [4.69, 9.17) is 5.11 Å². The number of carbonyl (C=O) groups excluding carboxylic acids is 1. The van der Waals surface area contributed by atoms with Gasteiger partial charge in [0.2, 0.25) is 0 Å². The SMILES string of the molecule is O=C(O)CCCCSCC(=O)c1ccc(-c2ccccc2)cc1. The third-order valence-corrected chi connectivity index (χ3v) is 4.52. The third kappa shape index (κ3) is 5.91. The molecule has 0 saturated heterocycles. The normalized spacial score (nSPS) is 10.4. The van der Waals surface area contributed by atoms with E-state index in [1.165, 1.54) is 0 Å². The minimum atomic E-state index is -0.760. The van der Waals surface area contributed by atoms with Gasteiger partial charge in [-0.15, -0.1) is 0 Å². The molecule has 0 bridgehead atoms. The Bertz CT molecular complexity index is 635. The van der Waals surface area contributed by atoms with Gasteiger partial charge in [0, 0.05) is 12.0 Å². The molecule has 0 amide bonds. The molecule has 0 aliphatic heterocycles. The highest BCUT2D eigenvalue weighted by Gasteiger charge is 2.06. The Balaban J connectivity index is 1.78. The number of aliphatic carboxylic acids is 1. The Hall–Kier alpha value is -2.07. The van der Waals surface area contributed by atoms with E-state index in [1.54, 1.807) is 11.8 Å². The van der Waals surface area contributed by atoms with Crippen LogP contribution in [0.1, 0.15) is 29.6 Å². The molecule has 0 spiro atoms. The second-order valence-electron chi connectivity index (χ2n) is 5.27. The number of carboxylic acids is 1. The van der Waals surface area contributed by atoms with Crippen molar-refractivity contribution in [2.75, 3.05) is 11.5 Å². The summed E-state index contributed by atoms with van der Waals surface area (Å²) in [6.45, 7) is 0. The molecule has 0 fully saturated rings. The standard InChI is InChI=1S/C19H20O3S/c20-18(14-23-13-5-4-8-19(21)22)17-11-9-16(10-12-17)15-6-2-1-3-7-15/h1-3,6-7,9-12H,4-5,8,13-14H2,(H,21,22). The summed E-state index contributed by atoms with van der Waals surface area (Å²) >= 11 is 1.57. The average Bonchev–Trinajstić information content (AvgIpc) is 2.58. The van der Waals surface area contributed by atoms with E-state index in [2.05, 4.69) is 0 Å². The summed E-state index contributed by atoms with van der Waals surface area (Å²) < 4.78 is 0. The number of carbonyl (C=O) groups is 2.